The van der Waals surface area contributed by atoms with Crippen molar-refractivity contribution in [3.8, 4) is 0 Å². The molecular weight excluding hydrogens is 364 g/mol. The minimum Gasteiger partial charge on any atom is -0.465 e. The Balaban J connectivity index is 1.33. The summed E-state index contributed by atoms with van der Waals surface area (Å²) in [5.41, 5.74) is 3.83. The number of piperidine rings is 1. The van der Waals surface area contributed by atoms with Crippen LogP contribution in [0.15, 0.2) is 12.1 Å². The molecule has 0 unspecified atom stereocenters. The lowest BCUT2D eigenvalue weighted by Gasteiger charge is -2.30. The highest BCUT2D eigenvalue weighted by Crippen LogP contribution is 2.22. The Morgan fingerprint density at radius 1 is 1.14 bits per heavy atom. The molecule has 1 fully saturated rings. The number of Topliss-reactive ketones (excluding diaryl/α,β-unsaturated/α-hetero) is 1. The highest BCUT2D eigenvalue weighted by molar-refractivity contribution is 5.81. The molecule has 2 aliphatic rings. The maximum absolute atomic E-state index is 12.6. The van der Waals surface area contributed by atoms with E-state index < -0.39 is 0 Å². The Hall–Kier alpha value is -1.75. The fraction of sp³-hybridized carbons (Fsp3) is 0.708. The molecule has 1 aliphatic carbocycles. The SMILES string of the molecule is CCCCOC(=O)CN1CCC(C(=O)CCCc2ccc3c(n2)CCCC3)CC1. The number of likely N-dealkylation sites (tertiary alicyclic amines) is 1. The first kappa shape index (κ1) is 21.9. The average molecular weight is 401 g/mol. The third kappa shape index (κ3) is 6.91. The largest absolute Gasteiger partial charge is 0.465 e. The van der Waals surface area contributed by atoms with Gasteiger partial charge >= 0.3 is 5.97 Å². The molecule has 2 heterocycles. The highest BCUT2D eigenvalue weighted by Gasteiger charge is 2.25. The zero-order valence-electron chi connectivity index (χ0n) is 18.0. The molecule has 0 bridgehead atoms. The zero-order valence-corrected chi connectivity index (χ0v) is 18.0. The van der Waals surface area contributed by atoms with Crippen molar-refractivity contribution in [3.05, 3.63) is 29.1 Å². The van der Waals surface area contributed by atoms with Crippen molar-refractivity contribution >= 4 is 11.8 Å². The number of aryl methyl sites for hydroxylation is 3. The molecular formula is C24H36N2O3. The molecule has 0 radical (unpaired) electrons. The summed E-state index contributed by atoms with van der Waals surface area (Å²) in [4.78, 5) is 31.4. The first-order chi connectivity index (χ1) is 14.2. The summed E-state index contributed by atoms with van der Waals surface area (Å²) in [5.74, 6) is 0.396. The van der Waals surface area contributed by atoms with E-state index in [-0.39, 0.29) is 11.9 Å². The van der Waals surface area contributed by atoms with E-state index in [1.54, 1.807) is 0 Å². The van der Waals surface area contributed by atoms with Crippen LogP contribution >= 0.6 is 0 Å². The summed E-state index contributed by atoms with van der Waals surface area (Å²) >= 11 is 0. The van der Waals surface area contributed by atoms with Gasteiger partial charge in [0.15, 0.2) is 0 Å². The number of fused-ring (bicyclic) bond motifs is 1. The number of nitrogens with zero attached hydrogens (tertiary/aromatic N) is 2. The van der Waals surface area contributed by atoms with Crippen molar-refractivity contribution in [2.75, 3.05) is 26.2 Å². The molecule has 0 saturated carbocycles. The minimum atomic E-state index is -0.138. The number of pyridine rings is 1. The van der Waals surface area contributed by atoms with Gasteiger partial charge in [-0.05, 0) is 82.5 Å². The normalized spacial score (nSPS) is 17.7. The van der Waals surface area contributed by atoms with Crippen LogP contribution in [-0.4, -0.2) is 47.9 Å². The van der Waals surface area contributed by atoms with E-state index >= 15 is 0 Å². The van der Waals surface area contributed by atoms with Crippen molar-refractivity contribution < 1.29 is 14.3 Å². The molecule has 0 atom stereocenters. The number of aromatic nitrogens is 1. The first-order valence-corrected chi connectivity index (χ1v) is 11.5. The molecule has 5 nitrogen and oxygen atoms in total. The molecule has 1 aromatic rings. The second-order valence-electron chi connectivity index (χ2n) is 8.56. The molecule has 29 heavy (non-hydrogen) atoms. The second-order valence-corrected chi connectivity index (χ2v) is 8.56. The zero-order chi connectivity index (χ0) is 20.5. The van der Waals surface area contributed by atoms with Gasteiger partial charge in [-0.1, -0.05) is 19.4 Å². The minimum absolute atomic E-state index is 0.138. The summed E-state index contributed by atoms with van der Waals surface area (Å²) in [6, 6.07) is 4.38. The smallest absolute Gasteiger partial charge is 0.320 e. The van der Waals surface area contributed by atoms with Gasteiger partial charge in [0.05, 0.1) is 13.2 Å². The molecule has 160 valence electrons. The predicted octanol–water partition coefficient (Wildman–Crippen LogP) is 3.91. The van der Waals surface area contributed by atoms with Gasteiger partial charge < -0.3 is 4.74 Å². The van der Waals surface area contributed by atoms with Gasteiger partial charge in [-0.3, -0.25) is 19.5 Å². The first-order valence-electron chi connectivity index (χ1n) is 11.5. The van der Waals surface area contributed by atoms with E-state index in [1.165, 1.54) is 24.1 Å². The number of hydrogen-bond acceptors (Lipinski definition) is 5. The molecule has 1 aliphatic heterocycles. The van der Waals surface area contributed by atoms with Gasteiger partial charge in [-0.25, -0.2) is 0 Å². The van der Waals surface area contributed by atoms with Gasteiger partial charge in [-0.2, -0.15) is 0 Å². The van der Waals surface area contributed by atoms with Gasteiger partial charge in [0.2, 0.25) is 0 Å². The molecule has 3 rings (SSSR count). The highest BCUT2D eigenvalue weighted by atomic mass is 16.5. The topological polar surface area (TPSA) is 59.5 Å². The lowest BCUT2D eigenvalue weighted by atomic mass is 9.89. The van der Waals surface area contributed by atoms with Crippen LogP contribution in [-0.2, 0) is 33.6 Å². The fourth-order valence-electron chi connectivity index (χ4n) is 4.39. The lowest BCUT2D eigenvalue weighted by Crippen LogP contribution is -2.39. The van der Waals surface area contributed by atoms with Gasteiger partial charge in [0, 0.05) is 23.7 Å². The number of carbonyl (C=O) groups is 2. The molecule has 0 N–H and O–H groups in total. The Morgan fingerprint density at radius 3 is 2.72 bits per heavy atom. The van der Waals surface area contributed by atoms with Crippen LogP contribution in [0.5, 0.6) is 0 Å². The van der Waals surface area contributed by atoms with Crippen molar-refractivity contribution in [1.29, 1.82) is 0 Å². The third-order valence-electron chi connectivity index (χ3n) is 6.25. The van der Waals surface area contributed by atoms with E-state index in [1.807, 2.05) is 0 Å². The fourth-order valence-corrected chi connectivity index (χ4v) is 4.39. The van der Waals surface area contributed by atoms with E-state index in [0.29, 0.717) is 25.4 Å². The van der Waals surface area contributed by atoms with Gasteiger partial charge in [0.25, 0.3) is 0 Å². The number of rotatable bonds is 10. The summed E-state index contributed by atoms with van der Waals surface area (Å²) in [6.07, 6.45) is 10.9. The summed E-state index contributed by atoms with van der Waals surface area (Å²) in [6.45, 7) is 4.58. The van der Waals surface area contributed by atoms with Crippen LogP contribution < -0.4 is 0 Å². The van der Waals surface area contributed by atoms with Crippen molar-refractivity contribution in [1.82, 2.24) is 9.88 Å². The van der Waals surface area contributed by atoms with Crippen molar-refractivity contribution in [2.24, 2.45) is 5.92 Å². The maximum atomic E-state index is 12.6. The quantitative estimate of drug-likeness (QED) is 0.440. The number of carbonyl (C=O) groups excluding carboxylic acids is 2. The van der Waals surface area contributed by atoms with Crippen molar-refractivity contribution in [2.45, 2.75) is 77.6 Å². The number of ketones is 1. The molecule has 0 amide bonds. The second kappa shape index (κ2) is 11.4. The average Bonchev–Trinajstić information content (AvgIpc) is 2.74. The third-order valence-corrected chi connectivity index (χ3v) is 6.25. The Morgan fingerprint density at radius 2 is 1.93 bits per heavy atom. The standard InChI is InChI=1S/C24H36N2O3/c1-2-3-17-29-24(28)18-26-15-13-20(14-16-26)23(27)10-6-8-21-12-11-19-7-4-5-9-22(19)25-21/h11-12,20H,2-10,13-18H2,1H3. The summed E-state index contributed by atoms with van der Waals surface area (Å²) in [5, 5.41) is 0. The van der Waals surface area contributed by atoms with Crippen LogP contribution in [0.25, 0.3) is 0 Å². The molecule has 1 aromatic heterocycles. The maximum Gasteiger partial charge on any atom is 0.320 e. The molecule has 1 saturated heterocycles. The van der Waals surface area contributed by atoms with Crippen LogP contribution in [0.4, 0.5) is 0 Å². The van der Waals surface area contributed by atoms with E-state index in [4.69, 9.17) is 9.72 Å². The Bertz CT molecular complexity index is 681. The molecule has 0 spiro atoms. The van der Waals surface area contributed by atoms with Crippen LogP contribution in [0.3, 0.4) is 0 Å². The summed E-state index contributed by atoms with van der Waals surface area (Å²) < 4.78 is 5.24. The Kier molecular flexibility index (Phi) is 8.66. The number of esters is 1. The number of unbranched alkanes of at least 4 members (excludes halogenated alkanes) is 1. The number of ether oxygens (including phenoxy) is 1. The number of hydrogen-bond donors (Lipinski definition) is 0. The molecule has 5 heteroatoms. The van der Waals surface area contributed by atoms with Crippen LogP contribution in [0.2, 0.25) is 0 Å². The van der Waals surface area contributed by atoms with Crippen molar-refractivity contribution in [3.63, 3.8) is 0 Å². The van der Waals surface area contributed by atoms with Gasteiger partial charge in [0.1, 0.15) is 5.78 Å². The Labute approximate surface area is 175 Å². The van der Waals surface area contributed by atoms with E-state index in [9.17, 15) is 9.59 Å². The monoisotopic (exact) mass is 400 g/mol. The van der Waals surface area contributed by atoms with Gasteiger partial charge in [-0.15, -0.1) is 0 Å². The lowest BCUT2D eigenvalue weighted by molar-refractivity contribution is -0.145. The molecule has 0 aromatic carbocycles. The van der Waals surface area contributed by atoms with E-state index in [0.717, 1.165) is 70.2 Å². The predicted molar refractivity (Wildman–Crippen MR) is 114 cm³/mol. The van der Waals surface area contributed by atoms with Crippen LogP contribution in [0, 0.1) is 5.92 Å². The summed E-state index contributed by atoms with van der Waals surface area (Å²) in [7, 11) is 0. The van der Waals surface area contributed by atoms with E-state index in [2.05, 4.69) is 24.0 Å². The van der Waals surface area contributed by atoms with Crippen LogP contribution in [0.1, 0.15) is 75.2 Å².